The summed E-state index contributed by atoms with van der Waals surface area (Å²) in [7, 11) is 0. The molecule has 1 aromatic heterocycles. The van der Waals surface area contributed by atoms with Gasteiger partial charge in [0, 0.05) is 23.3 Å². The van der Waals surface area contributed by atoms with Crippen LogP contribution < -0.4 is 10.4 Å². The van der Waals surface area contributed by atoms with E-state index in [2.05, 4.69) is 16.7 Å². The van der Waals surface area contributed by atoms with Crippen molar-refractivity contribution < 1.29 is 0 Å². The van der Waals surface area contributed by atoms with E-state index in [9.17, 15) is 0 Å². The van der Waals surface area contributed by atoms with Crippen molar-refractivity contribution in [2.24, 2.45) is 4.99 Å². The zero-order valence-corrected chi connectivity index (χ0v) is 7.41. The molecule has 0 N–H and O–H groups in total. The van der Waals surface area contributed by atoms with Gasteiger partial charge >= 0.3 is 0 Å². The molecule has 1 aromatic rings. The smallest absolute Gasteiger partial charge is 0.0444 e. The van der Waals surface area contributed by atoms with Gasteiger partial charge in [-0.2, -0.15) is 0 Å². The van der Waals surface area contributed by atoms with Crippen molar-refractivity contribution in [3.8, 4) is 0 Å². The average molecular weight is 160 g/mol. The molecule has 0 amide bonds. The third kappa shape index (κ3) is 1.59. The molecule has 0 fully saturated rings. The first-order valence-corrected chi connectivity index (χ1v) is 3.83. The Kier molecular flexibility index (Phi) is 2.75. The van der Waals surface area contributed by atoms with E-state index < -0.39 is 0 Å². The van der Waals surface area contributed by atoms with Gasteiger partial charge in [-0.25, -0.2) is 0 Å². The first kappa shape index (κ1) is 8.65. The van der Waals surface area contributed by atoms with E-state index in [-0.39, 0.29) is 0 Å². The molecule has 0 radical (unpaired) electrons. The Bertz CT molecular complexity index is 391. The van der Waals surface area contributed by atoms with E-state index in [1.54, 1.807) is 6.20 Å². The van der Waals surface area contributed by atoms with E-state index in [0.29, 0.717) is 0 Å². The van der Waals surface area contributed by atoms with Crippen molar-refractivity contribution in [1.29, 1.82) is 0 Å². The highest BCUT2D eigenvalue weighted by molar-refractivity contribution is 5.49. The second-order valence-corrected chi connectivity index (χ2v) is 2.50. The molecule has 0 aliphatic rings. The van der Waals surface area contributed by atoms with Gasteiger partial charge in [-0.3, -0.25) is 9.98 Å². The minimum Gasteiger partial charge on any atom is -0.269 e. The van der Waals surface area contributed by atoms with Gasteiger partial charge in [0.05, 0.1) is 0 Å². The second-order valence-electron chi connectivity index (χ2n) is 2.50. The fraction of sp³-hybridized carbons (Fsp3) is 0.200. The van der Waals surface area contributed by atoms with Crippen LogP contribution in [0.25, 0.3) is 11.8 Å². The Labute approximate surface area is 72.0 Å². The number of pyridine rings is 1. The van der Waals surface area contributed by atoms with Crippen LogP contribution >= 0.6 is 0 Å². The van der Waals surface area contributed by atoms with E-state index in [1.165, 1.54) is 0 Å². The van der Waals surface area contributed by atoms with Crippen LogP contribution in [0.15, 0.2) is 23.5 Å². The van der Waals surface area contributed by atoms with Crippen LogP contribution in [0.2, 0.25) is 0 Å². The summed E-state index contributed by atoms with van der Waals surface area (Å²) in [4.78, 5) is 7.91. The third-order valence-corrected chi connectivity index (χ3v) is 1.79. The van der Waals surface area contributed by atoms with Gasteiger partial charge in [-0.05, 0) is 31.9 Å². The molecule has 0 spiro atoms. The van der Waals surface area contributed by atoms with Crippen LogP contribution in [-0.4, -0.2) is 11.7 Å². The normalized spacial score (nSPS) is 14.3. The van der Waals surface area contributed by atoms with Crippen LogP contribution in [0.4, 0.5) is 0 Å². The number of hydrogen-bond acceptors (Lipinski definition) is 2. The standard InChI is InChI=1S/C10H12N2/c1-4-9-7-12-6-5-10(9)8(2)11-3/h4-7H,3H2,1-2H3/b9-4-,10-8-. The Morgan fingerprint density at radius 2 is 2.42 bits per heavy atom. The lowest BCUT2D eigenvalue weighted by atomic mass is 10.2. The molecule has 0 aliphatic heterocycles. The van der Waals surface area contributed by atoms with Crippen LogP contribution in [0.1, 0.15) is 13.8 Å². The lowest BCUT2D eigenvalue weighted by Gasteiger charge is -1.91. The molecule has 62 valence electrons. The Balaban J connectivity index is 3.65. The summed E-state index contributed by atoms with van der Waals surface area (Å²) >= 11 is 0. The maximum absolute atomic E-state index is 4.03. The quantitative estimate of drug-likeness (QED) is 0.555. The molecular weight excluding hydrogens is 148 g/mol. The molecule has 1 heterocycles. The molecule has 2 nitrogen and oxygen atoms in total. The summed E-state index contributed by atoms with van der Waals surface area (Å²) in [6.07, 6.45) is 5.60. The molecule has 0 atom stereocenters. The minimum atomic E-state index is 0.936. The molecule has 0 aliphatic carbocycles. The lowest BCUT2D eigenvalue weighted by molar-refractivity contribution is 1.25. The number of nitrogens with zero attached hydrogens (tertiary/aromatic N) is 2. The highest BCUT2D eigenvalue weighted by atomic mass is 14.7. The predicted octanol–water partition coefficient (Wildman–Crippen LogP) is 0.711. The fourth-order valence-electron chi connectivity index (χ4n) is 1.05. The summed E-state index contributed by atoms with van der Waals surface area (Å²) < 4.78 is 0. The highest BCUT2D eigenvalue weighted by Crippen LogP contribution is 1.86. The molecule has 2 heteroatoms. The largest absolute Gasteiger partial charge is 0.269 e. The minimum absolute atomic E-state index is 0.936. The van der Waals surface area contributed by atoms with E-state index >= 15 is 0 Å². The summed E-state index contributed by atoms with van der Waals surface area (Å²) in [5.41, 5.74) is 0.936. The van der Waals surface area contributed by atoms with Crippen molar-refractivity contribution >= 4 is 18.5 Å². The second kappa shape index (κ2) is 3.81. The summed E-state index contributed by atoms with van der Waals surface area (Å²) in [6.45, 7) is 7.41. The summed E-state index contributed by atoms with van der Waals surface area (Å²) in [6, 6.07) is 1.94. The summed E-state index contributed by atoms with van der Waals surface area (Å²) in [5.74, 6) is 0. The van der Waals surface area contributed by atoms with Gasteiger partial charge < -0.3 is 0 Å². The first-order valence-electron chi connectivity index (χ1n) is 3.83. The third-order valence-electron chi connectivity index (χ3n) is 1.79. The monoisotopic (exact) mass is 160 g/mol. The maximum atomic E-state index is 4.03. The van der Waals surface area contributed by atoms with Gasteiger partial charge in [-0.15, -0.1) is 0 Å². The molecule has 0 unspecified atom stereocenters. The zero-order chi connectivity index (χ0) is 8.97. The van der Waals surface area contributed by atoms with Crippen LogP contribution in [0, 0.1) is 0 Å². The Morgan fingerprint density at radius 1 is 1.67 bits per heavy atom. The molecule has 12 heavy (non-hydrogen) atoms. The Hall–Kier alpha value is -1.44. The van der Waals surface area contributed by atoms with Crippen molar-refractivity contribution in [3.63, 3.8) is 0 Å². The average Bonchev–Trinajstić information content (AvgIpc) is 2.16. The van der Waals surface area contributed by atoms with E-state index in [1.807, 2.05) is 32.2 Å². The number of rotatable bonds is 1. The topological polar surface area (TPSA) is 25.2 Å². The van der Waals surface area contributed by atoms with Gasteiger partial charge in [0.15, 0.2) is 0 Å². The first-order chi connectivity index (χ1) is 5.79. The lowest BCUT2D eigenvalue weighted by Crippen LogP contribution is -2.25. The number of aromatic nitrogens is 1. The fourth-order valence-corrected chi connectivity index (χ4v) is 1.05. The van der Waals surface area contributed by atoms with Crippen LogP contribution in [0.5, 0.6) is 0 Å². The van der Waals surface area contributed by atoms with Crippen LogP contribution in [0.3, 0.4) is 0 Å². The van der Waals surface area contributed by atoms with Gasteiger partial charge in [0.2, 0.25) is 0 Å². The Morgan fingerprint density at radius 3 is 3.00 bits per heavy atom. The van der Waals surface area contributed by atoms with E-state index in [4.69, 9.17) is 0 Å². The van der Waals surface area contributed by atoms with E-state index in [0.717, 1.165) is 16.1 Å². The van der Waals surface area contributed by atoms with Crippen LogP contribution in [-0.2, 0) is 0 Å². The molecule has 0 aromatic carbocycles. The van der Waals surface area contributed by atoms with Crippen molar-refractivity contribution in [2.45, 2.75) is 13.8 Å². The molecule has 1 rings (SSSR count). The zero-order valence-electron chi connectivity index (χ0n) is 7.41. The maximum Gasteiger partial charge on any atom is 0.0444 e. The molecule has 0 saturated carbocycles. The summed E-state index contributed by atoms with van der Waals surface area (Å²) in [5, 5.41) is 2.20. The van der Waals surface area contributed by atoms with Gasteiger partial charge in [0.1, 0.15) is 0 Å². The predicted molar refractivity (Wildman–Crippen MR) is 52.3 cm³/mol. The number of hydrogen-bond donors (Lipinski definition) is 0. The molecule has 0 saturated heterocycles. The number of aliphatic imine (C=N–C) groups is 1. The van der Waals surface area contributed by atoms with Crippen molar-refractivity contribution in [3.05, 3.63) is 28.9 Å². The van der Waals surface area contributed by atoms with Gasteiger partial charge in [0.25, 0.3) is 0 Å². The SMILES string of the molecule is C=N/C(C)=c1/ccnc/c1=C/C. The van der Waals surface area contributed by atoms with Crippen molar-refractivity contribution in [1.82, 2.24) is 4.98 Å². The molecule has 0 bridgehead atoms. The highest BCUT2D eigenvalue weighted by Gasteiger charge is 1.87. The van der Waals surface area contributed by atoms with Gasteiger partial charge in [-0.1, -0.05) is 6.08 Å². The van der Waals surface area contributed by atoms with Crippen molar-refractivity contribution in [2.75, 3.05) is 0 Å². The molecular formula is C10H12N2.